The average molecular weight is 310 g/mol. The monoisotopic (exact) mass is 309 g/mol. The highest BCUT2D eigenvalue weighted by molar-refractivity contribution is 8.00. The van der Waals surface area contributed by atoms with E-state index in [1.165, 1.54) is 5.56 Å². The fourth-order valence-electron chi connectivity index (χ4n) is 1.93. The van der Waals surface area contributed by atoms with Crippen molar-refractivity contribution in [1.82, 2.24) is 9.97 Å². The second kappa shape index (κ2) is 5.61. The molecule has 98 valence electrons. The lowest BCUT2D eigenvalue weighted by atomic mass is 10.1. The molecule has 19 heavy (non-hydrogen) atoms. The molecule has 1 unspecified atom stereocenters. The maximum absolute atomic E-state index is 5.81. The number of anilines is 1. The number of nitrogens with zero attached hydrogens (tertiary/aromatic N) is 2. The van der Waals surface area contributed by atoms with Gasteiger partial charge in [0, 0.05) is 5.88 Å². The summed E-state index contributed by atoms with van der Waals surface area (Å²) in [5, 5.41) is 5.70. The first-order chi connectivity index (χ1) is 9.31. The second-order valence-corrected chi connectivity index (χ2v) is 6.24. The van der Waals surface area contributed by atoms with Gasteiger partial charge in [-0.3, -0.25) is 0 Å². The lowest BCUT2D eigenvalue weighted by Gasteiger charge is -2.11. The molecule has 0 spiro atoms. The van der Waals surface area contributed by atoms with Crippen molar-refractivity contribution in [2.24, 2.45) is 0 Å². The number of aromatic nitrogens is 2. The molecule has 3 rings (SSSR count). The number of halogens is 1. The number of hydrogen-bond donors (Lipinski definition) is 1. The Labute approximate surface area is 125 Å². The highest BCUT2D eigenvalue weighted by atomic mass is 35.5. The maximum Gasteiger partial charge on any atom is 0.126 e. The molecular formula is C13H12ClN3S2. The van der Waals surface area contributed by atoms with Crippen molar-refractivity contribution in [3.63, 3.8) is 0 Å². The van der Waals surface area contributed by atoms with Crippen molar-refractivity contribution >= 4 is 40.8 Å². The Morgan fingerprint density at radius 2 is 2.11 bits per heavy atom. The summed E-state index contributed by atoms with van der Waals surface area (Å²) in [5.41, 5.74) is 3.41. The largest absolute Gasteiger partial charge is 0.365 e. The predicted molar refractivity (Wildman–Crippen MR) is 82.0 cm³/mol. The summed E-state index contributed by atoms with van der Waals surface area (Å²) in [4.78, 5) is 8.62. The topological polar surface area (TPSA) is 37.8 Å². The number of nitrogens with one attached hydrogen (secondary N) is 1. The molecule has 0 saturated carbocycles. The van der Waals surface area contributed by atoms with Crippen LogP contribution in [0.15, 0.2) is 40.6 Å². The maximum atomic E-state index is 5.81. The number of alkyl halides is 1. The van der Waals surface area contributed by atoms with Gasteiger partial charge in [0.15, 0.2) is 0 Å². The van der Waals surface area contributed by atoms with Crippen LogP contribution in [0, 0.1) is 0 Å². The minimum Gasteiger partial charge on any atom is -0.365 e. The Morgan fingerprint density at radius 3 is 2.79 bits per heavy atom. The highest BCUT2D eigenvalue weighted by Crippen LogP contribution is 2.47. The zero-order valence-electron chi connectivity index (χ0n) is 10.3. The molecule has 3 nitrogen and oxygen atoms in total. The standard InChI is InChI=1S/C13H12ClN3S2/c1-18-12-10-13(16-7-15-12)19-11(17-10)9-4-2-8(6-14)3-5-9/h2-5,7,11,17H,6H2,1H3. The normalized spacial score (nSPS) is 17.1. The smallest absolute Gasteiger partial charge is 0.126 e. The second-order valence-electron chi connectivity index (χ2n) is 4.08. The summed E-state index contributed by atoms with van der Waals surface area (Å²) < 4.78 is 0. The van der Waals surface area contributed by atoms with Crippen LogP contribution in [-0.2, 0) is 5.88 Å². The molecule has 1 aromatic heterocycles. The van der Waals surface area contributed by atoms with E-state index in [2.05, 4.69) is 39.6 Å². The summed E-state index contributed by atoms with van der Waals surface area (Å²) in [6.45, 7) is 0. The summed E-state index contributed by atoms with van der Waals surface area (Å²) in [5.74, 6) is 0.549. The third kappa shape index (κ3) is 2.55. The molecule has 1 atom stereocenters. The van der Waals surface area contributed by atoms with Gasteiger partial charge < -0.3 is 5.32 Å². The summed E-state index contributed by atoms with van der Waals surface area (Å²) in [6, 6.07) is 8.35. The SMILES string of the molecule is CSc1ncnc2c1NC(c1ccc(CCl)cc1)S2. The minimum atomic E-state index is 0.196. The summed E-state index contributed by atoms with van der Waals surface area (Å²) >= 11 is 9.17. The van der Waals surface area contributed by atoms with Crippen molar-refractivity contribution in [2.45, 2.75) is 21.3 Å². The Balaban J connectivity index is 1.86. The molecule has 0 radical (unpaired) electrons. The van der Waals surface area contributed by atoms with E-state index in [1.54, 1.807) is 29.9 Å². The van der Waals surface area contributed by atoms with Crippen molar-refractivity contribution < 1.29 is 0 Å². The molecule has 0 aliphatic carbocycles. The lowest BCUT2D eigenvalue weighted by molar-refractivity contribution is 0.972. The van der Waals surface area contributed by atoms with Gasteiger partial charge in [0.05, 0.1) is 0 Å². The molecule has 2 heterocycles. The fourth-order valence-corrected chi connectivity index (χ4v) is 3.76. The van der Waals surface area contributed by atoms with Crippen LogP contribution < -0.4 is 5.32 Å². The van der Waals surface area contributed by atoms with Crippen LogP contribution in [0.2, 0.25) is 0 Å². The molecule has 0 bridgehead atoms. The number of rotatable bonds is 3. The molecular weight excluding hydrogens is 298 g/mol. The molecule has 6 heteroatoms. The molecule has 1 aliphatic rings. The zero-order chi connectivity index (χ0) is 13.2. The lowest BCUT2D eigenvalue weighted by Crippen LogP contribution is -2.02. The fraction of sp³-hybridized carbons (Fsp3) is 0.231. The molecule has 0 fully saturated rings. The van der Waals surface area contributed by atoms with Gasteiger partial charge >= 0.3 is 0 Å². The van der Waals surface area contributed by atoms with Gasteiger partial charge in [0.1, 0.15) is 27.4 Å². The van der Waals surface area contributed by atoms with Gasteiger partial charge in [-0.2, -0.15) is 0 Å². The Hall–Kier alpha value is -0.910. The van der Waals surface area contributed by atoms with E-state index in [1.807, 2.05) is 6.26 Å². The van der Waals surface area contributed by atoms with E-state index >= 15 is 0 Å². The first-order valence-corrected chi connectivity index (χ1v) is 8.42. The first kappa shape index (κ1) is 13.1. The van der Waals surface area contributed by atoms with Crippen LogP contribution in [0.3, 0.4) is 0 Å². The van der Waals surface area contributed by atoms with Gasteiger partial charge in [-0.1, -0.05) is 36.0 Å². The van der Waals surface area contributed by atoms with Gasteiger partial charge in [0.2, 0.25) is 0 Å². The van der Waals surface area contributed by atoms with Gasteiger partial charge in [0.25, 0.3) is 0 Å². The summed E-state index contributed by atoms with van der Waals surface area (Å²) in [7, 11) is 0. The highest BCUT2D eigenvalue weighted by Gasteiger charge is 2.26. The third-order valence-corrected chi connectivity index (χ3v) is 5.08. The van der Waals surface area contributed by atoms with Crippen molar-refractivity contribution in [3.05, 3.63) is 41.7 Å². The summed E-state index contributed by atoms with van der Waals surface area (Å²) in [6.07, 6.45) is 3.65. The van der Waals surface area contributed by atoms with Gasteiger partial charge in [-0.25, -0.2) is 9.97 Å². The Bertz CT molecular complexity index is 589. The average Bonchev–Trinajstić information content (AvgIpc) is 2.91. The number of hydrogen-bond acceptors (Lipinski definition) is 5. The van der Waals surface area contributed by atoms with E-state index in [9.17, 15) is 0 Å². The van der Waals surface area contributed by atoms with Gasteiger partial charge in [-0.05, 0) is 17.4 Å². The molecule has 2 aromatic rings. The predicted octanol–water partition coefficient (Wildman–Crippen LogP) is 4.15. The van der Waals surface area contributed by atoms with Crippen LogP contribution in [0.25, 0.3) is 0 Å². The van der Waals surface area contributed by atoms with Crippen LogP contribution in [0.5, 0.6) is 0 Å². The van der Waals surface area contributed by atoms with Crippen LogP contribution >= 0.6 is 35.1 Å². The molecule has 1 N–H and O–H groups in total. The van der Waals surface area contributed by atoms with E-state index in [4.69, 9.17) is 11.6 Å². The van der Waals surface area contributed by atoms with E-state index in [-0.39, 0.29) is 5.37 Å². The van der Waals surface area contributed by atoms with Crippen LogP contribution in [0.4, 0.5) is 5.69 Å². The van der Waals surface area contributed by atoms with E-state index in [0.717, 1.165) is 21.3 Å². The van der Waals surface area contributed by atoms with Crippen molar-refractivity contribution in [3.8, 4) is 0 Å². The van der Waals surface area contributed by atoms with E-state index in [0.29, 0.717) is 5.88 Å². The molecule has 0 amide bonds. The van der Waals surface area contributed by atoms with Crippen LogP contribution in [-0.4, -0.2) is 16.2 Å². The number of benzene rings is 1. The van der Waals surface area contributed by atoms with E-state index < -0.39 is 0 Å². The number of fused-ring (bicyclic) bond motifs is 1. The minimum absolute atomic E-state index is 0.196. The zero-order valence-corrected chi connectivity index (χ0v) is 12.6. The van der Waals surface area contributed by atoms with Crippen LogP contribution in [0.1, 0.15) is 16.5 Å². The quantitative estimate of drug-likeness (QED) is 0.523. The van der Waals surface area contributed by atoms with Crippen molar-refractivity contribution in [1.29, 1.82) is 0 Å². The number of thioether (sulfide) groups is 2. The Kier molecular flexibility index (Phi) is 3.86. The molecule has 0 saturated heterocycles. The first-order valence-electron chi connectivity index (χ1n) is 5.79. The molecule has 1 aromatic carbocycles. The Morgan fingerprint density at radius 1 is 1.32 bits per heavy atom. The third-order valence-electron chi connectivity index (χ3n) is 2.91. The van der Waals surface area contributed by atoms with Gasteiger partial charge in [-0.15, -0.1) is 23.4 Å². The van der Waals surface area contributed by atoms with Crippen molar-refractivity contribution in [2.75, 3.05) is 11.6 Å². The molecule has 1 aliphatic heterocycles.